The van der Waals surface area contributed by atoms with Crippen LogP contribution in [0.4, 0.5) is 11.6 Å². The lowest BCUT2D eigenvalue weighted by molar-refractivity contribution is -0.120. The highest BCUT2D eigenvalue weighted by Gasteiger charge is 2.27. The number of hydrogen-bond acceptors (Lipinski definition) is 4. The number of amides is 1. The van der Waals surface area contributed by atoms with Crippen molar-refractivity contribution in [2.75, 3.05) is 23.3 Å². The zero-order chi connectivity index (χ0) is 16.2. The maximum atomic E-state index is 12.6. The van der Waals surface area contributed by atoms with Crippen molar-refractivity contribution in [3.63, 3.8) is 0 Å². The molecule has 0 radical (unpaired) electrons. The van der Waals surface area contributed by atoms with Gasteiger partial charge >= 0.3 is 0 Å². The van der Waals surface area contributed by atoms with Crippen molar-refractivity contribution >= 4 is 17.5 Å². The van der Waals surface area contributed by atoms with E-state index in [1.54, 1.807) is 18.5 Å². The second-order valence-corrected chi connectivity index (χ2v) is 6.07. The number of piperidine rings is 1. The maximum Gasteiger partial charge on any atom is 0.229 e. The minimum atomic E-state index is -0.0348. The summed E-state index contributed by atoms with van der Waals surface area (Å²) in [4.78, 5) is 23.3. The summed E-state index contributed by atoms with van der Waals surface area (Å²) in [6.07, 6.45) is 5.35. The molecule has 0 unspecified atom stereocenters. The van der Waals surface area contributed by atoms with Gasteiger partial charge in [-0.3, -0.25) is 4.79 Å². The van der Waals surface area contributed by atoms with Gasteiger partial charge in [0.2, 0.25) is 11.9 Å². The first-order valence-corrected chi connectivity index (χ1v) is 8.04. The molecule has 120 valence electrons. The zero-order valence-electron chi connectivity index (χ0n) is 13.6. The number of nitrogens with zero attached hydrogens (tertiary/aromatic N) is 3. The molecule has 2 aromatic rings. The first-order chi connectivity index (χ1) is 11.1. The lowest BCUT2D eigenvalue weighted by atomic mass is 9.97. The Balaban J connectivity index is 1.69. The number of anilines is 2. The van der Waals surface area contributed by atoms with E-state index >= 15 is 0 Å². The van der Waals surface area contributed by atoms with E-state index in [0.717, 1.165) is 30.6 Å². The molecular formula is C18H22N4O. The minimum Gasteiger partial charge on any atom is -0.340 e. The third-order valence-electron chi connectivity index (χ3n) is 4.49. The molecule has 1 aromatic heterocycles. The molecule has 1 N–H and O–H groups in total. The van der Waals surface area contributed by atoms with Gasteiger partial charge in [0.05, 0.1) is 5.92 Å². The lowest BCUT2D eigenvalue weighted by Gasteiger charge is -2.32. The number of nitrogens with one attached hydrogen (secondary N) is 1. The standard InChI is InChI=1S/C18H22N4O/c1-13-6-3-8-16(14(13)2)21-17(23)15-7-4-11-22(12-15)18-19-9-5-10-20-18/h3,5-6,8-10,15H,4,7,11-12H2,1-2H3,(H,21,23)/t15-/m1/s1. The van der Waals surface area contributed by atoms with E-state index in [-0.39, 0.29) is 11.8 Å². The van der Waals surface area contributed by atoms with Gasteiger partial charge in [-0.25, -0.2) is 9.97 Å². The van der Waals surface area contributed by atoms with Gasteiger partial charge in [-0.2, -0.15) is 0 Å². The first kappa shape index (κ1) is 15.5. The molecule has 1 fully saturated rings. The number of aryl methyl sites for hydroxylation is 1. The van der Waals surface area contributed by atoms with E-state index in [0.29, 0.717) is 12.5 Å². The van der Waals surface area contributed by atoms with Gasteiger partial charge in [0.15, 0.2) is 0 Å². The highest BCUT2D eigenvalue weighted by atomic mass is 16.1. The van der Waals surface area contributed by atoms with E-state index < -0.39 is 0 Å². The van der Waals surface area contributed by atoms with Gasteiger partial charge in [0.1, 0.15) is 0 Å². The molecule has 0 bridgehead atoms. The minimum absolute atomic E-state index is 0.0348. The van der Waals surface area contributed by atoms with Gasteiger partial charge in [0.25, 0.3) is 0 Å². The van der Waals surface area contributed by atoms with Crippen molar-refractivity contribution in [1.29, 1.82) is 0 Å². The second-order valence-electron chi connectivity index (χ2n) is 6.07. The fourth-order valence-corrected chi connectivity index (χ4v) is 2.95. The molecule has 3 rings (SSSR count). The second kappa shape index (κ2) is 6.77. The summed E-state index contributed by atoms with van der Waals surface area (Å²) in [7, 11) is 0. The predicted molar refractivity (Wildman–Crippen MR) is 91.5 cm³/mol. The topological polar surface area (TPSA) is 58.1 Å². The predicted octanol–water partition coefficient (Wildman–Crippen LogP) is 2.95. The fourth-order valence-electron chi connectivity index (χ4n) is 2.95. The van der Waals surface area contributed by atoms with Crippen LogP contribution in [0.1, 0.15) is 24.0 Å². The van der Waals surface area contributed by atoms with Crippen LogP contribution in [-0.2, 0) is 4.79 Å². The van der Waals surface area contributed by atoms with Crippen molar-refractivity contribution in [3.05, 3.63) is 47.8 Å². The Hall–Kier alpha value is -2.43. The largest absolute Gasteiger partial charge is 0.340 e. The Kier molecular flexibility index (Phi) is 4.55. The molecular weight excluding hydrogens is 288 g/mol. The van der Waals surface area contributed by atoms with Crippen LogP contribution in [0.3, 0.4) is 0 Å². The van der Waals surface area contributed by atoms with Crippen molar-refractivity contribution < 1.29 is 4.79 Å². The summed E-state index contributed by atoms with van der Waals surface area (Å²) < 4.78 is 0. The van der Waals surface area contributed by atoms with Gasteiger partial charge < -0.3 is 10.2 Å². The summed E-state index contributed by atoms with van der Waals surface area (Å²) in [6.45, 7) is 5.66. The Morgan fingerprint density at radius 1 is 1.22 bits per heavy atom. The average Bonchev–Trinajstić information content (AvgIpc) is 2.60. The summed E-state index contributed by atoms with van der Waals surface area (Å²) >= 11 is 0. The highest BCUT2D eigenvalue weighted by molar-refractivity contribution is 5.93. The molecule has 5 nitrogen and oxygen atoms in total. The Labute approximate surface area is 136 Å². The summed E-state index contributed by atoms with van der Waals surface area (Å²) in [6, 6.07) is 7.79. The Morgan fingerprint density at radius 2 is 2.00 bits per heavy atom. The molecule has 23 heavy (non-hydrogen) atoms. The van der Waals surface area contributed by atoms with Crippen LogP contribution in [0.15, 0.2) is 36.7 Å². The van der Waals surface area contributed by atoms with Gasteiger partial charge in [-0.1, -0.05) is 12.1 Å². The van der Waals surface area contributed by atoms with Gasteiger partial charge in [0, 0.05) is 31.2 Å². The molecule has 1 aromatic carbocycles. The smallest absolute Gasteiger partial charge is 0.229 e. The van der Waals surface area contributed by atoms with Crippen molar-refractivity contribution in [2.45, 2.75) is 26.7 Å². The van der Waals surface area contributed by atoms with E-state index in [2.05, 4.69) is 33.2 Å². The monoisotopic (exact) mass is 310 g/mol. The third kappa shape index (κ3) is 3.50. The van der Waals surface area contributed by atoms with E-state index in [1.165, 1.54) is 5.56 Å². The van der Waals surface area contributed by atoms with Crippen molar-refractivity contribution in [2.24, 2.45) is 5.92 Å². The van der Waals surface area contributed by atoms with E-state index in [4.69, 9.17) is 0 Å². The lowest BCUT2D eigenvalue weighted by Crippen LogP contribution is -2.41. The highest BCUT2D eigenvalue weighted by Crippen LogP contribution is 2.23. The number of aromatic nitrogens is 2. The van der Waals surface area contributed by atoms with Crippen molar-refractivity contribution in [1.82, 2.24) is 9.97 Å². The number of carbonyl (C=O) groups excluding carboxylic acids is 1. The molecule has 0 spiro atoms. The van der Waals surface area contributed by atoms with Crippen LogP contribution in [0.25, 0.3) is 0 Å². The van der Waals surface area contributed by atoms with Gasteiger partial charge in [-0.05, 0) is 49.9 Å². The molecule has 1 aliphatic heterocycles. The van der Waals surface area contributed by atoms with Crippen LogP contribution in [-0.4, -0.2) is 29.0 Å². The number of hydrogen-bond donors (Lipinski definition) is 1. The molecule has 1 saturated heterocycles. The van der Waals surface area contributed by atoms with Crippen LogP contribution < -0.4 is 10.2 Å². The van der Waals surface area contributed by atoms with Gasteiger partial charge in [-0.15, -0.1) is 0 Å². The molecule has 5 heteroatoms. The molecule has 2 heterocycles. The number of rotatable bonds is 3. The summed E-state index contributed by atoms with van der Waals surface area (Å²) in [5, 5.41) is 3.09. The van der Waals surface area contributed by atoms with Crippen molar-refractivity contribution in [3.8, 4) is 0 Å². The third-order valence-corrected chi connectivity index (χ3v) is 4.49. The first-order valence-electron chi connectivity index (χ1n) is 8.04. The molecule has 1 aliphatic rings. The normalized spacial score (nSPS) is 17.8. The average molecular weight is 310 g/mol. The Bertz CT molecular complexity index is 687. The van der Waals surface area contributed by atoms with Crippen LogP contribution in [0, 0.1) is 19.8 Å². The summed E-state index contributed by atoms with van der Waals surface area (Å²) in [5.41, 5.74) is 3.22. The van der Waals surface area contributed by atoms with Crippen LogP contribution in [0.2, 0.25) is 0 Å². The molecule has 0 aliphatic carbocycles. The maximum absolute atomic E-state index is 12.6. The van der Waals surface area contributed by atoms with Crippen LogP contribution >= 0.6 is 0 Å². The Morgan fingerprint density at radius 3 is 2.78 bits per heavy atom. The summed E-state index contributed by atoms with van der Waals surface area (Å²) in [5.74, 6) is 0.753. The fraction of sp³-hybridized carbons (Fsp3) is 0.389. The molecule has 1 amide bonds. The number of carbonyl (C=O) groups is 1. The van der Waals surface area contributed by atoms with E-state index in [1.807, 2.05) is 19.1 Å². The zero-order valence-corrected chi connectivity index (χ0v) is 13.6. The van der Waals surface area contributed by atoms with Crippen LogP contribution in [0.5, 0.6) is 0 Å². The quantitative estimate of drug-likeness (QED) is 0.947. The van der Waals surface area contributed by atoms with E-state index in [9.17, 15) is 4.79 Å². The molecule has 1 atom stereocenters. The molecule has 0 saturated carbocycles. The SMILES string of the molecule is Cc1cccc(NC(=O)[C@@H]2CCCN(c3ncccn3)C2)c1C. The number of benzene rings is 1.